The van der Waals surface area contributed by atoms with Crippen molar-refractivity contribution >= 4 is 34.5 Å². The molecule has 3 heterocycles. The predicted molar refractivity (Wildman–Crippen MR) is 177 cm³/mol. The molecular formula is C36H40N6O5. The lowest BCUT2D eigenvalue weighted by Gasteiger charge is -2.32. The van der Waals surface area contributed by atoms with Crippen LogP contribution >= 0.6 is 0 Å². The molecule has 2 aliphatic heterocycles. The first-order valence-electron chi connectivity index (χ1n) is 16.0. The van der Waals surface area contributed by atoms with E-state index in [1.807, 2.05) is 91.1 Å². The smallest absolute Gasteiger partial charge is 0.246 e. The van der Waals surface area contributed by atoms with Crippen LogP contribution in [0.2, 0.25) is 0 Å². The molecule has 1 unspecified atom stereocenters. The van der Waals surface area contributed by atoms with Gasteiger partial charge in [0.1, 0.15) is 30.4 Å². The first-order valence-corrected chi connectivity index (χ1v) is 16.0. The molecule has 0 bridgehead atoms. The van der Waals surface area contributed by atoms with Crippen LogP contribution in [0.4, 0.5) is 0 Å². The monoisotopic (exact) mass is 636 g/mol. The van der Waals surface area contributed by atoms with Crippen LogP contribution in [0.3, 0.4) is 0 Å². The number of H-pyrrole nitrogens is 1. The summed E-state index contributed by atoms with van der Waals surface area (Å²) in [4.78, 5) is 61.2. The van der Waals surface area contributed by atoms with Gasteiger partial charge in [-0.3, -0.25) is 24.5 Å². The van der Waals surface area contributed by atoms with Gasteiger partial charge in [-0.15, -0.1) is 0 Å². The van der Waals surface area contributed by atoms with Crippen molar-refractivity contribution in [3.8, 4) is 0 Å². The second-order valence-electron chi connectivity index (χ2n) is 12.4. The highest BCUT2D eigenvalue weighted by Crippen LogP contribution is 2.23. The summed E-state index contributed by atoms with van der Waals surface area (Å²) in [6, 6.07) is 22.0. The van der Waals surface area contributed by atoms with Gasteiger partial charge in [0.05, 0.1) is 0 Å². The first-order chi connectivity index (χ1) is 22.7. The van der Waals surface area contributed by atoms with Gasteiger partial charge >= 0.3 is 0 Å². The third-order valence-corrected chi connectivity index (χ3v) is 8.91. The summed E-state index contributed by atoms with van der Waals surface area (Å²) in [6.45, 7) is 1.73. The topological polar surface area (TPSA) is 156 Å². The van der Waals surface area contributed by atoms with Gasteiger partial charge in [-0.05, 0) is 36.1 Å². The minimum atomic E-state index is -1.04. The number of carbonyl (C=O) groups is 4. The Morgan fingerprint density at radius 2 is 1.30 bits per heavy atom. The van der Waals surface area contributed by atoms with Crippen LogP contribution in [0, 0.1) is 0 Å². The van der Waals surface area contributed by atoms with Gasteiger partial charge < -0.3 is 30.9 Å². The molecule has 11 nitrogen and oxygen atoms in total. The predicted octanol–water partition coefficient (Wildman–Crippen LogP) is 1.56. The maximum atomic E-state index is 14.4. The Kier molecular flexibility index (Phi) is 9.65. The van der Waals surface area contributed by atoms with Crippen molar-refractivity contribution in [2.75, 3.05) is 6.54 Å². The summed E-state index contributed by atoms with van der Waals surface area (Å²) < 4.78 is 0. The summed E-state index contributed by atoms with van der Waals surface area (Å²) in [6.07, 6.45) is 1.73. The lowest BCUT2D eigenvalue weighted by Crippen LogP contribution is -2.62. The number of benzene rings is 3. The number of aliphatic hydroxyl groups excluding tert-OH is 1. The molecule has 11 heteroatoms. The molecule has 2 saturated heterocycles. The summed E-state index contributed by atoms with van der Waals surface area (Å²) in [5.41, 5.74) is 3.38. The molecule has 0 radical (unpaired) electrons. The molecule has 0 aliphatic carbocycles. The fourth-order valence-corrected chi connectivity index (χ4v) is 6.64. The lowest BCUT2D eigenvalue weighted by molar-refractivity contribution is -0.143. The van der Waals surface area contributed by atoms with E-state index in [4.69, 9.17) is 0 Å². The fourth-order valence-electron chi connectivity index (χ4n) is 6.64. The number of aromatic nitrogens is 1. The number of hydrogen-bond acceptors (Lipinski definition) is 6. The average molecular weight is 637 g/mol. The summed E-state index contributed by atoms with van der Waals surface area (Å²) in [5, 5.41) is 22.8. The minimum absolute atomic E-state index is 0.150. The van der Waals surface area contributed by atoms with E-state index in [-0.39, 0.29) is 38.3 Å². The second-order valence-corrected chi connectivity index (χ2v) is 12.4. The van der Waals surface area contributed by atoms with Gasteiger partial charge in [0.15, 0.2) is 0 Å². The molecule has 0 saturated carbocycles. The summed E-state index contributed by atoms with van der Waals surface area (Å²) >= 11 is 0. The number of nitrogens with zero attached hydrogens (tertiary/aromatic N) is 1. The van der Waals surface area contributed by atoms with Crippen LogP contribution in [0.1, 0.15) is 30.0 Å². The van der Waals surface area contributed by atoms with E-state index < -0.39 is 54.0 Å². The van der Waals surface area contributed by atoms with Crippen molar-refractivity contribution in [3.63, 3.8) is 0 Å². The number of fused-ring (bicyclic) bond motifs is 2. The van der Waals surface area contributed by atoms with Crippen molar-refractivity contribution in [1.29, 1.82) is 0 Å². The zero-order chi connectivity index (χ0) is 32.9. The molecule has 2 fully saturated rings. The Hall–Kier alpha value is -5.00. The number of hydrogen-bond donors (Lipinski definition) is 6. The number of aliphatic hydroxyl groups is 1. The Bertz CT molecular complexity index is 1730. The van der Waals surface area contributed by atoms with Crippen LogP contribution in [-0.4, -0.2) is 81.6 Å². The number of rotatable bonds is 8. The van der Waals surface area contributed by atoms with E-state index in [0.717, 1.165) is 27.6 Å². The molecular weight excluding hydrogens is 596 g/mol. The number of aromatic amines is 1. The molecule has 2 aliphatic rings. The van der Waals surface area contributed by atoms with Gasteiger partial charge in [-0.2, -0.15) is 0 Å². The zero-order valence-electron chi connectivity index (χ0n) is 26.2. The van der Waals surface area contributed by atoms with E-state index in [2.05, 4.69) is 26.3 Å². The van der Waals surface area contributed by atoms with Gasteiger partial charge in [0.25, 0.3) is 0 Å². The van der Waals surface area contributed by atoms with Crippen molar-refractivity contribution in [2.24, 2.45) is 0 Å². The summed E-state index contributed by atoms with van der Waals surface area (Å²) in [7, 11) is 0. The minimum Gasteiger partial charge on any atom is -0.379 e. The third-order valence-electron chi connectivity index (χ3n) is 8.91. The highest BCUT2D eigenvalue weighted by molar-refractivity contribution is 5.98. The fraction of sp³-hybridized carbons (Fsp3) is 0.333. The highest BCUT2D eigenvalue weighted by Gasteiger charge is 2.44. The largest absolute Gasteiger partial charge is 0.379 e. The third kappa shape index (κ3) is 7.53. The molecule has 6 atom stereocenters. The molecule has 0 spiro atoms. The van der Waals surface area contributed by atoms with Gasteiger partial charge in [-0.25, -0.2) is 0 Å². The van der Waals surface area contributed by atoms with E-state index >= 15 is 0 Å². The second kappa shape index (κ2) is 14.2. The molecule has 6 N–H and O–H groups in total. The SMILES string of the molecule is CC(O)N[C@@H]1C[C@@H]2C(=O)N[C@@H](Cc3ccccc3)C(=O)N[C@H](Cc3c[nH]c4ccccc34)C(=O)N[C@@H](Cc3ccccc3)C(=O)N2C1. The highest BCUT2D eigenvalue weighted by atomic mass is 16.3. The number of amides is 4. The van der Waals surface area contributed by atoms with Crippen LogP contribution in [0.25, 0.3) is 10.9 Å². The maximum Gasteiger partial charge on any atom is 0.246 e. The van der Waals surface area contributed by atoms with Crippen LogP contribution in [0.15, 0.2) is 91.1 Å². The normalized spacial score (nSPS) is 24.5. The molecule has 4 amide bonds. The van der Waals surface area contributed by atoms with Crippen LogP contribution in [-0.2, 0) is 38.4 Å². The van der Waals surface area contributed by atoms with E-state index in [0.29, 0.717) is 0 Å². The quantitative estimate of drug-likeness (QED) is 0.161. The van der Waals surface area contributed by atoms with Crippen LogP contribution in [0.5, 0.6) is 0 Å². The molecule has 244 valence electrons. The van der Waals surface area contributed by atoms with Gasteiger partial charge in [0, 0.05) is 48.9 Å². The molecule has 1 aromatic heterocycles. The van der Waals surface area contributed by atoms with Crippen molar-refractivity contribution in [3.05, 3.63) is 108 Å². The van der Waals surface area contributed by atoms with Gasteiger partial charge in [-0.1, -0.05) is 78.9 Å². The van der Waals surface area contributed by atoms with Crippen molar-refractivity contribution in [2.45, 2.75) is 69.0 Å². The lowest BCUT2D eigenvalue weighted by atomic mass is 9.99. The van der Waals surface area contributed by atoms with Crippen LogP contribution < -0.4 is 21.3 Å². The van der Waals surface area contributed by atoms with Crippen molar-refractivity contribution < 1.29 is 24.3 Å². The standard InChI is InChI=1S/C36H40N6O5/c1-22(43)38-26-19-32-35(46)40-29(16-23-10-4-2-5-11-23)33(44)39-30(18-25-20-37-28-15-9-8-14-27(25)28)34(45)41-31(36(47)42(32)21-26)17-24-12-6-3-7-13-24/h2-15,20,22,26,29-32,37-38,43H,16-19,21H2,1H3,(H,39,44)(H,40,46)(H,41,45)/t22?,26-,29+,30-,31+,32-/m1/s1. The summed E-state index contributed by atoms with van der Waals surface area (Å²) in [5.74, 6) is -1.88. The average Bonchev–Trinajstić information content (AvgIpc) is 3.68. The Balaban J connectivity index is 1.38. The number of carbonyl (C=O) groups excluding carboxylic acids is 4. The maximum absolute atomic E-state index is 14.4. The zero-order valence-corrected chi connectivity index (χ0v) is 26.2. The van der Waals surface area contributed by atoms with E-state index in [1.54, 1.807) is 6.92 Å². The Morgan fingerprint density at radius 3 is 1.96 bits per heavy atom. The van der Waals surface area contributed by atoms with E-state index in [1.165, 1.54) is 4.90 Å². The molecule has 47 heavy (non-hydrogen) atoms. The molecule has 6 rings (SSSR count). The molecule has 3 aromatic carbocycles. The number of nitrogens with one attached hydrogen (secondary N) is 5. The van der Waals surface area contributed by atoms with E-state index in [9.17, 15) is 24.3 Å². The first kappa shape index (κ1) is 32.0. The van der Waals surface area contributed by atoms with Gasteiger partial charge in [0.2, 0.25) is 23.6 Å². The Morgan fingerprint density at radius 1 is 0.745 bits per heavy atom. The van der Waals surface area contributed by atoms with Crippen molar-refractivity contribution in [1.82, 2.24) is 31.2 Å². The number of para-hydroxylation sites is 1. The Labute approximate surface area is 273 Å². The molecule has 4 aromatic rings.